The van der Waals surface area contributed by atoms with Crippen LogP contribution in [0.3, 0.4) is 0 Å². The first-order valence-electron chi connectivity index (χ1n) is 8.14. The highest BCUT2D eigenvalue weighted by Crippen LogP contribution is 2.38. The minimum absolute atomic E-state index is 0.0408. The highest BCUT2D eigenvalue weighted by Gasteiger charge is 2.38. The van der Waals surface area contributed by atoms with Gasteiger partial charge in [-0.15, -0.1) is 0 Å². The standard InChI is InChI=1S/C17H20F2O4S/c18-15-8-10(9-16(15)19)7-14(17(20)21)11-1-3-12(4-2-11)24(22,23)13-5-6-13/h1-4,10,13-16H,5-9H2,(H,20,21)/t10?,14?,15-,16+. The lowest BCUT2D eigenvalue weighted by Crippen LogP contribution is -2.16. The summed E-state index contributed by atoms with van der Waals surface area (Å²) in [6.45, 7) is 0. The molecular formula is C17H20F2O4S. The highest BCUT2D eigenvalue weighted by molar-refractivity contribution is 7.92. The molecule has 0 amide bonds. The first kappa shape index (κ1) is 17.3. The molecule has 4 nitrogen and oxygen atoms in total. The number of rotatable bonds is 6. The van der Waals surface area contributed by atoms with E-state index in [9.17, 15) is 27.1 Å². The molecule has 1 N–H and O–H groups in total. The number of carbonyl (C=O) groups is 1. The monoisotopic (exact) mass is 358 g/mol. The van der Waals surface area contributed by atoms with Crippen molar-refractivity contribution in [2.75, 3.05) is 0 Å². The number of aliphatic carboxylic acids is 1. The zero-order valence-electron chi connectivity index (χ0n) is 13.1. The van der Waals surface area contributed by atoms with Gasteiger partial charge in [0.2, 0.25) is 0 Å². The molecule has 0 heterocycles. The first-order valence-corrected chi connectivity index (χ1v) is 9.68. The summed E-state index contributed by atoms with van der Waals surface area (Å²) in [6, 6.07) is 5.87. The summed E-state index contributed by atoms with van der Waals surface area (Å²) in [6.07, 6.45) is -1.47. The molecule has 0 spiro atoms. The molecule has 24 heavy (non-hydrogen) atoms. The lowest BCUT2D eigenvalue weighted by atomic mass is 9.88. The van der Waals surface area contributed by atoms with Crippen molar-refractivity contribution in [3.63, 3.8) is 0 Å². The molecule has 0 radical (unpaired) electrons. The van der Waals surface area contributed by atoms with E-state index in [0.717, 1.165) is 0 Å². The van der Waals surface area contributed by atoms with Crippen LogP contribution in [0.4, 0.5) is 8.78 Å². The molecule has 7 heteroatoms. The summed E-state index contributed by atoms with van der Waals surface area (Å²) in [5, 5.41) is 9.12. The van der Waals surface area contributed by atoms with Crippen molar-refractivity contribution in [3.8, 4) is 0 Å². The molecule has 4 atom stereocenters. The summed E-state index contributed by atoms with van der Waals surface area (Å²) in [5.41, 5.74) is 0.468. The second-order valence-corrected chi connectivity index (χ2v) is 9.04. The number of benzene rings is 1. The van der Waals surface area contributed by atoms with Gasteiger partial charge in [-0.3, -0.25) is 4.79 Å². The molecule has 2 unspecified atom stereocenters. The second-order valence-electron chi connectivity index (χ2n) is 6.81. The number of hydrogen-bond donors (Lipinski definition) is 1. The van der Waals surface area contributed by atoms with E-state index in [2.05, 4.69) is 0 Å². The van der Waals surface area contributed by atoms with Crippen molar-refractivity contribution in [3.05, 3.63) is 29.8 Å². The average molecular weight is 358 g/mol. The fourth-order valence-electron chi connectivity index (χ4n) is 3.39. The molecule has 1 aromatic rings. The zero-order chi connectivity index (χ0) is 17.5. The van der Waals surface area contributed by atoms with Crippen LogP contribution < -0.4 is 0 Å². The van der Waals surface area contributed by atoms with Crippen LogP contribution in [0, 0.1) is 5.92 Å². The molecule has 2 fully saturated rings. The molecule has 3 rings (SSSR count). The molecule has 1 aromatic carbocycles. The van der Waals surface area contributed by atoms with Gasteiger partial charge in [-0.1, -0.05) is 12.1 Å². The van der Waals surface area contributed by atoms with Crippen LogP contribution >= 0.6 is 0 Å². The largest absolute Gasteiger partial charge is 0.481 e. The minimum atomic E-state index is -3.31. The van der Waals surface area contributed by atoms with E-state index in [1.807, 2.05) is 0 Å². The van der Waals surface area contributed by atoms with E-state index in [0.29, 0.717) is 18.4 Å². The number of sulfone groups is 1. The van der Waals surface area contributed by atoms with E-state index in [-0.39, 0.29) is 35.3 Å². The summed E-state index contributed by atoms with van der Waals surface area (Å²) >= 11 is 0. The van der Waals surface area contributed by atoms with Crippen LogP contribution in [0.5, 0.6) is 0 Å². The Hall–Kier alpha value is -1.50. The van der Waals surface area contributed by atoms with Gasteiger partial charge in [-0.05, 0) is 55.7 Å². The molecule has 0 bridgehead atoms. The van der Waals surface area contributed by atoms with Crippen LogP contribution in [0.15, 0.2) is 29.2 Å². The maximum Gasteiger partial charge on any atom is 0.310 e. The summed E-state index contributed by atoms with van der Waals surface area (Å²) in [5.74, 6) is -2.26. The molecule has 2 saturated carbocycles. The first-order chi connectivity index (χ1) is 11.3. The van der Waals surface area contributed by atoms with Gasteiger partial charge < -0.3 is 5.11 Å². The Balaban J connectivity index is 1.75. The van der Waals surface area contributed by atoms with Crippen molar-refractivity contribution < 1.29 is 27.1 Å². The number of alkyl halides is 2. The van der Waals surface area contributed by atoms with Crippen molar-refractivity contribution in [2.24, 2.45) is 5.92 Å². The fraction of sp³-hybridized carbons (Fsp3) is 0.588. The Morgan fingerprint density at radius 3 is 2.12 bits per heavy atom. The Labute approximate surface area is 139 Å². The summed E-state index contributed by atoms with van der Waals surface area (Å²) in [4.78, 5) is 11.7. The van der Waals surface area contributed by atoms with Gasteiger partial charge in [0.25, 0.3) is 0 Å². The van der Waals surface area contributed by atoms with Crippen molar-refractivity contribution in [2.45, 2.75) is 60.5 Å². The highest BCUT2D eigenvalue weighted by atomic mass is 32.2. The smallest absolute Gasteiger partial charge is 0.310 e. The Morgan fingerprint density at radius 2 is 1.67 bits per heavy atom. The summed E-state index contributed by atoms with van der Waals surface area (Å²) < 4.78 is 50.9. The fourth-order valence-corrected chi connectivity index (χ4v) is 5.05. The van der Waals surface area contributed by atoms with E-state index in [1.54, 1.807) is 0 Å². The van der Waals surface area contributed by atoms with Crippen molar-refractivity contribution in [1.82, 2.24) is 0 Å². The molecular weight excluding hydrogens is 338 g/mol. The molecule has 0 saturated heterocycles. The topological polar surface area (TPSA) is 71.4 Å². The third-order valence-corrected chi connectivity index (χ3v) is 7.23. The number of carboxylic acid groups (broad SMARTS) is 1. The van der Waals surface area contributed by atoms with Gasteiger partial charge in [-0.25, -0.2) is 17.2 Å². The normalized spacial score (nSPS) is 28.7. The third kappa shape index (κ3) is 3.45. The molecule has 132 valence electrons. The lowest BCUT2D eigenvalue weighted by molar-refractivity contribution is -0.139. The van der Waals surface area contributed by atoms with E-state index in [1.165, 1.54) is 24.3 Å². The SMILES string of the molecule is O=C(O)C(CC1C[C@@H](F)[C@@H](F)C1)c1ccc(S(=O)(=O)C2CC2)cc1. The van der Waals surface area contributed by atoms with E-state index >= 15 is 0 Å². The van der Waals surface area contributed by atoms with Gasteiger partial charge in [0.1, 0.15) is 12.3 Å². The number of carboxylic acids is 1. The molecule has 2 aliphatic carbocycles. The van der Waals surface area contributed by atoms with Gasteiger partial charge >= 0.3 is 5.97 Å². The Bertz CT molecular complexity index is 703. The van der Waals surface area contributed by atoms with Crippen LogP contribution in [0.25, 0.3) is 0 Å². The quantitative estimate of drug-likeness (QED) is 0.847. The third-order valence-electron chi connectivity index (χ3n) is 4.95. The average Bonchev–Trinajstić information content (AvgIpc) is 3.33. The lowest BCUT2D eigenvalue weighted by Gasteiger charge is -2.17. The summed E-state index contributed by atoms with van der Waals surface area (Å²) in [7, 11) is -3.31. The molecule has 2 aliphatic rings. The van der Waals surface area contributed by atoms with Crippen molar-refractivity contribution >= 4 is 15.8 Å². The van der Waals surface area contributed by atoms with Crippen LogP contribution in [-0.4, -0.2) is 37.1 Å². The second kappa shape index (κ2) is 6.43. The van der Waals surface area contributed by atoms with Crippen LogP contribution in [-0.2, 0) is 14.6 Å². The van der Waals surface area contributed by atoms with Gasteiger partial charge in [0, 0.05) is 0 Å². The maximum absolute atomic E-state index is 13.3. The van der Waals surface area contributed by atoms with Gasteiger partial charge in [0.15, 0.2) is 9.84 Å². The number of halogens is 2. The van der Waals surface area contributed by atoms with Crippen molar-refractivity contribution in [1.29, 1.82) is 0 Å². The Kier molecular flexibility index (Phi) is 4.64. The molecule has 0 aromatic heterocycles. The Morgan fingerprint density at radius 1 is 1.12 bits per heavy atom. The van der Waals surface area contributed by atoms with E-state index < -0.39 is 34.1 Å². The zero-order valence-corrected chi connectivity index (χ0v) is 13.9. The van der Waals surface area contributed by atoms with Gasteiger partial charge in [-0.2, -0.15) is 0 Å². The minimum Gasteiger partial charge on any atom is -0.481 e. The maximum atomic E-state index is 13.3. The predicted octanol–water partition coefficient (Wildman–Crippen LogP) is 3.27. The molecule has 0 aliphatic heterocycles. The van der Waals surface area contributed by atoms with Crippen LogP contribution in [0.2, 0.25) is 0 Å². The number of hydrogen-bond acceptors (Lipinski definition) is 3. The predicted molar refractivity (Wildman–Crippen MR) is 84.2 cm³/mol. The van der Waals surface area contributed by atoms with Crippen LogP contribution in [0.1, 0.15) is 43.6 Å². The van der Waals surface area contributed by atoms with Gasteiger partial charge in [0.05, 0.1) is 16.1 Å². The van der Waals surface area contributed by atoms with E-state index in [4.69, 9.17) is 0 Å².